The molecule has 0 radical (unpaired) electrons. The third kappa shape index (κ3) is 3.45. The van der Waals surface area contributed by atoms with E-state index in [0.717, 1.165) is 6.42 Å². The minimum absolute atomic E-state index is 0.403. The molecule has 0 spiro atoms. The molecule has 2 rings (SSSR count). The van der Waals surface area contributed by atoms with Crippen molar-refractivity contribution in [3.05, 3.63) is 59.7 Å². The van der Waals surface area contributed by atoms with Crippen molar-refractivity contribution >= 4 is 0 Å². The Hall–Kier alpha value is -1.60. The van der Waals surface area contributed by atoms with Crippen LogP contribution >= 0.6 is 0 Å². The predicted octanol–water partition coefficient (Wildman–Crippen LogP) is 4.59. The molecule has 0 heterocycles. The van der Waals surface area contributed by atoms with Crippen molar-refractivity contribution in [3.8, 4) is 11.1 Å². The molecule has 1 nitrogen and oxygen atoms in total. The van der Waals surface area contributed by atoms with Crippen LogP contribution < -0.4 is 5.32 Å². The molecule has 0 aromatic heterocycles. The summed E-state index contributed by atoms with van der Waals surface area (Å²) in [5.74, 6) is 0. The summed E-state index contributed by atoms with van der Waals surface area (Å²) >= 11 is 0. The molecule has 0 amide bonds. The summed E-state index contributed by atoms with van der Waals surface area (Å²) in [6.07, 6.45) is 2.35. The second-order valence-electron chi connectivity index (χ2n) is 5.08. The zero-order valence-electron chi connectivity index (χ0n) is 12.1. The number of rotatable bonds is 5. The monoisotopic (exact) mass is 253 g/mol. The first-order valence-electron chi connectivity index (χ1n) is 7.11. The van der Waals surface area contributed by atoms with Gasteiger partial charge in [0.15, 0.2) is 0 Å². The molecule has 0 aliphatic rings. The third-order valence-electron chi connectivity index (χ3n) is 3.64. The van der Waals surface area contributed by atoms with Crippen molar-refractivity contribution in [1.82, 2.24) is 5.32 Å². The minimum atomic E-state index is 0.403. The first kappa shape index (κ1) is 13.8. The molecule has 0 bridgehead atoms. The molecule has 1 heteroatoms. The fourth-order valence-electron chi connectivity index (χ4n) is 2.33. The summed E-state index contributed by atoms with van der Waals surface area (Å²) in [7, 11) is 1.99. The first-order chi connectivity index (χ1) is 9.24. The van der Waals surface area contributed by atoms with E-state index in [-0.39, 0.29) is 0 Å². The second kappa shape index (κ2) is 6.53. The SMILES string of the molecule is CCCc1cccc(-c2ccc(C(C)NC)cc2)c1. The van der Waals surface area contributed by atoms with Crippen LogP contribution in [0.1, 0.15) is 37.4 Å². The van der Waals surface area contributed by atoms with Gasteiger partial charge in [-0.15, -0.1) is 0 Å². The highest BCUT2D eigenvalue weighted by Gasteiger charge is 2.03. The summed E-state index contributed by atoms with van der Waals surface area (Å²) in [6.45, 7) is 4.40. The molecule has 2 aromatic carbocycles. The van der Waals surface area contributed by atoms with Gasteiger partial charge in [0.05, 0.1) is 0 Å². The highest BCUT2D eigenvalue weighted by Crippen LogP contribution is 2.23. The highest BCUT2D eigenvalue weighted by atomic mass is 14.8. The lowest BCUT2D eigenvalue weighted by Crippen LogP contribution is -2.11. The van der Waals surface area contributed by atoms with Gasteiger partial charge in [-0.1, -0.05) is 61.9 Å². The lowest BCUT2D eigenvalue weighted by Gasteiger charge is -2.11. The van der Waals surface area contributed by atoms with Gasteiger partial charge in [-0.05, 0) is 42.6 Å². The summed E-state index contributed by atoms with van der Waals surface area (Å²) in [5.41, 5.74) is 5.36. The quantitative estimate of drug-likeness (QED) is 0.822. The Bertz CT molecular complexity index is 513. The largest absolute Gasteiger partial charge is 0.313 e. The number of nitrogens with one attached hydrogen (secondary N) is 1. The Morgan fingerprint density at radius 3 is 2.37 bits per heavy atom. The average molecular weight is 253 g/mol. The van der Waals surface area contributed by atoms with Crippen molar-refractivity contribution in [3.63, 3.8) is 0 Å². The predicted molar refractivity (Wildman–Crippen MR) is 83.3 cm³/mol. The minimum Gasteiger partial charge on any atom is -0.313 e. The summed E-state index contributed by atoms with van der Waals surface area (Å²) < 4.78 is 0. The van der Waals surface area contributed by atoms with E-state index >= 15 is 0 Å². The van der Waals surface area contributed by atoms with E-state index in [0.29, 0.717) is 6.04 Å². The van der Waals surface area contributed by atoms with Gasteiger partial charge in [-0.25, -0.2) is 0 Å². The Morgan fingerprint density at radius 2 is 1.74 bits per heavy atom. The molecule has 1 N–H and O–H groups in total. The van der Waals surface area contributed by atoms with E-state index in [1.54, 1.807) is 0 Å². The number of hydrogen-bond donors (Lipinski definition) is 1. The fourth-order valence-corrected chi connectivity index (χ4v) is 2.33. The average Bonchev–Trinajstić information content (AvgIpc) is 2.47. The topological polar surface area (TPSA) is 12.0 Å². The van der Waals surface area contributed by atoms with Crippen molar-refractivity contribution in [1.29, 1.82) is 0 Å². The Morgan fingerprint density at radius 1 is 1.00 bits per heavy atom. The van der Waals surface area contributed by atoms with Gasteiger partial charge in [0.2, 0.25) is 0 Å². The van der Waals surface area contributed by atoms with Gasteiger partial charge in [-0.3, -0.25) is 0 Å². The van der Waals surface area contributed by atoms with Crippen LogP contribution in [0.15, 0.2) is 48.5 Å². The first-order valence-corrected chi connectivity index (χ1v) is 7.11. The maximum Gasteiger partial charge on any atom is 0.0289 e. The molecule has 1 atom stereocenters. The van der Waals surface area contributed by atoms with Crippen LogP contribution in [0.2, 0.25) is 0 Å². The Balaban J connectivity index is 2.24. The van der Waals surface area contributed by atoms with Gasteiger partial charge < -0.3 is 5.32 Å². The van der Waals surface area contributed by atoms with Gasteiger partial charge >= 0.3 is 0 Å². The lowest BCUT2D eigenvalue weighted by molar-refractivity contribution is 0.652. The van der Waals surface area contributed by atoms with E-state index in [4.69, 9.17) is 0 Å². The molecular formula is C18H23N. The van der Waals surface area contributed by atoms with E-state index in [9.17, 15) is 0 Å². The molecule has 0 saturated carbocycles. The van der Waals surface area contributed by atoms with Gasteiger partial charge in [0, 0.05) is 6.04 Å². The summed E-state index contributed by atoms with van der Waals surface area (Å²) in [4.78, 5) is 0. The van der Waals surface area contributed by atoms with Gasteiger partial charge in [0.25, 0.3) is 0 Å². The zero-order chi connectivity index (χ0) is 13.7. The van der Waals surface area contributed by atoms with Gasteiger partial charge in [-0.2, -0.15) is 0 Å². The lowest BCUT2D eigenvalue weighted by atomic mass is 9.99. The molecule has 2 aromatic rings. The fraction of sp³-hybridized carbons (Fsp3) is 0.333. The Kier molecular flexibility index (Phi) is 4.75. The summed E-state index contributed by atoms with van der Waals surface area (Å²) in [5, 5.41) is 3.27. The van der Waals surface area contributed by atoms with Crippen LogP contribution in [0, 0.1) is 0 Å². The second-order valence-corrected chi connectivity index (χ2v) is 5.08. The van der Waals surface area contributed by atoms with E-state index in [2.05, 4.69) is 67.7 Å². The van der Waals surface area contributed by atoms with Crippen LogP contribution in [-0.2, 0) is 6.42 Å². The van der Waals surface area contributed by atoms with E-state index in [1.165, 1.54) is 28.7 Å². The van der Waals surface area contributed by atoms with Crippen molar-refractivity contribution in [2.45, 2.75) is 32.7 Å². The molecule has 0 aliphatic carbocycles. The van der Waals surface area contributed by atoms with Crippen molar-refractivity contribution < 1.29 is 0 Å². The smallest absolute Gasteiger partial charge is 0.0289 e. The number of hydrogen-bond acceptors (Lipinski definition) is 1. The van der Waals surface area contributed by atoms with E-state index < -0.39 is 0 Å². The molecular weight excluding hydrogens is 230 g/mol. The molecule has 0 saturated heterocycles. The number of aryl methyl sites for hydroxylation is 1. The zero-order valence-corrected chi connectivity index (χ0v) is 12.1. The van der Waals surface area contributed by atoms with Gasteiger partial charge in [0.1, 0.15) is 0 Å². The molecule has 0 aliphatic heterocycles. The molecule has 0 fully saturated rings. The maximum absolute atomic E-state index is 3.27. The van der Waals surface area contributed by atoms with Crippen LogP contribution in [0.4, 0.5) is 0 Å². The summed E-state index contributed by atoms with van der Waals surface area (Å²) in [6, 6.07) is 18.1. The van der Waals surface area contributed by atoms with Crippen LogP contribution in [0.3, 0.4) is 0 Å². The Labute approximate surface area is 116 Å². The molecule has 100 valence electrons. The van der Waals surface area contributed by atoms with Crippen molar-refractivity contribution in [2.75, 3.05) is 7.05 Å². The molecule has 19 heavy (non-hydrogen) atoms. The van der Waals surface area contributed by atoms with Crippen molar-refractivity contribution in [2.24, 2.45) is 0 Å². The maximum atomic E-state index is 3.27. The third-order valence-corrected chi connectivity index (χ3v) is 3.64. The van der Waals surface area contributed by atoms with Crippen LogP contribution in [0.5, 0.6) is 0 Å². The normalized spacial score (nSPS) is 12.4. The molecule has 1 unspecified atom stereocenters. The van der Waals surface area contributed by atoms with Crippen LogP contribution in [0.25, 0.3) is 11.1 Å². The van der Waals surface area contributed by atoms with E-state index in [1.807, 2.05) is 7.05 Å². The standard InChI is InChI=1S/C18H23N/c1-4-6-15-7-5-8-18(13-15)17-11-9-16(10-12-17)14(2)19-3/h5,7-14,19H,4,6H2,1-3H3. The number of benzene rings is 2. The highest BCUT2D eigenvalue weighted by molar-refractivity contribution is 5.64. The van der Waals surface area contributed by atoms with Crippen LogP contribution in [-0.4, -0.2) is 7.05 Å².